The van der Waals surface area contributed by atoms with Crippen LogP contribution < -0.4 is 4.74 Å². The molecule has 1 saturated carbocycles. The molecule has 1 aliphatic carbocycles. The molecule has 2 rings (SSSR count). The molecule has 112 valence electrons. The predicted molar refractivity (Wildman–Crippen MR) is 86.1 cm³/mol. The van der Waals surface area contributed by atoms with E-state index in [4.69, 9.17) is 4.74 Å². The standard InChI is InChI=1S/C17H25BrO2/c1-11-9-15(20-4)12(10-14(11)18)16(19)13-7-5-6-8-17(13,2)3/h9-10,13,16,19H,5-8H2,1-4H3. The number of methoxy groups -OCH3 is 1. The Morgan fingerprint density at radius 2 is 2.05 bits per heavy atom. The number of ether oxygens (including phenoxy) is 1. The molecule has 1 fully saturated rings. The molecule has 0 radical (unpaired) electrons. The first kappa shape index (κ1) is 15.8. The van der Waals surface area contributed by atoms with Crippen molar-refractivity contribution < 1.29 is 9.84 Å². The number of aliphatic hydroxyl groups excluding tert-OH is 1. The van der Waals surface area contributed by atoms with Crippen molar-refractivity contribution in [2.75, 3.05) is 7.11 Å². The van der Waals surface area contributed by atoms with E-state index in [2.05, 4.69) is 29.8 Å². The molecule has 1 aromatic carbocycles. The lowest BCUT2D eigenvalue weighted by molar-refractivity contribution is 0.00265. The Hall–Kier alpha value is -0.540. The lowest BCUT2D eigenvalue weighted by Crippen LogP contribution is -2.32. The van der Waals surface area contributed by atoms with Crippen molar-refractivity contribution in [3.63, 3.8) is 0 Å². The summed E-state index contributed by atoms with van der Waals surface area (Å²) in [6.45, 7) is 6.58. The molecule has 0 heterocycles. The highest BCUT2D eigenvalue weighted by molar-refractivity contribution is 9.10. The molecule has 2 nitrogen and oxygen atoms in total. The van der Waals surface area contributed by atoms with E-state index in [1.165, 1.54) is 19.3 Å². The third-order valence-corrected chi connectivity index (χ3v) is 5.66. The van der Waals surface area contributed by atoms with Gasteiger partial charge in [-0.3, -0.25) is 0 Å². The summed E-state index contributed by atoms with van der Waals surface area (Å²) in [6, 6.07) is 4.02. The van der Waals surface area contributed by atoms with E-state index in [1.54, 1.807) is 7.11 Å². The highest BCUT2D eigenvalue weighted by Crippen LogP contribution is 2.48. The zero-order valence-electron chi connectivity index (χ0n) is 12.9. The van der Waals surface area contributed by atoms with Crippen molar-refractivity contribution in [2.24, 2.45) is 11.3 Å². The van der Waals surface area contributed by atoms with Gasteiger partial charge < -0.3 is 9.84 Å². The molecular weight excluding hydrogens is 316 g/mol. The van der Waals surface area contributed by atoms with E-state index in [0.717, 1.165) is 27.8 Å². The Morgan fingerprint density at radius 1 is 1.35 bits per heavy atom. The molecule has 2 unspecified atom stereocenters. The van der Waals surface area contributed by atoms with Gasteiger partial charge in [-0.25, -0.2) is 0 Å². The first-order valence-electron chi connectivity index (χ1n) is 7.39. The quantitative estimate of drug-likeness (QED) is 0.837. The molecule has 0 aromatic heterocycles. The zero-order chi connectivity index (χ0) is 14.9. The topological polar surface area (TPSA) is 29.5 Å². The van der Waals surface area contributed by atoms with Gasteiger partial charge in [-0.05, 0) is 48.8 Å². The largest absolute Gasteiger partial charge is 0.496 e. The Morgan fingerprint density at radius 3 is 2.65 bits per heavy atom. The van der Waals surface area contributed by atoms with Gasteiger partial charge in [-0.1, -0.05) is 42.6 Å². The van der Waals surface area contributed by atoms with E-state index < -0.39 is 6.10 Å². The van der Waals surface area contributed by atoms with Crippen molar-refractivity contribution in [3.05, 3.63) is 27.7 Å². The van der Waals surface area contributed by atoms with E-state index in [1.807, 2.05) is 19.1 Å². The van der Waals surface area contributed by atoms with E-state index in [9.17, 15) is 5.11 Å². The van der Waals surface area contributed by atoms with Gasteiger partial charge in [0.2, 0.25) is 0 Å². The van der Waals surface area contributed by atoms with Crippen molar-refractivity contribution in [1.82, 2.24) is 0 Å². The van der Waals surface area contributed by atoms with E-state index >= 15 is 0 Å². The van der Waals surface area contributed by atoms with Crippen LogP contribution in [0.2, 0.25) is 0 Å². The summed E-state index contributed by atoms with van der Waals surface area (Å²) in [5.74, 6) is 1.08. The average Bonchev–Trinajstić information content (AvgIpc) is 2.40. The smallest absolute Gasteiger partial charge is 0.125 e. The van der Waals surface area contributed by atoms with Gasteiger partial charge in [0.15, 0.2) is 0 Å². The third-order valence-electron chi connectivity index (χ3n) is 4.80. The predicted octanol–water partition coefficient (Wildman–Crippen LogP) is 5.02. The van der Waals surface area contributed by atoms with Gasteiger partial charge in [0, 0.05) is 10.0 Å². The lowest BCUT2D eigenvalue weighted by Gasteiger charge is -2.41. The van der Waals surface area contributed by atoms with Gasteiger partial charge in [0.25, 0.3) is 0 Å². The molecule has 0 spiro atoms. The van der Waals surface area contributed by atoms with Crippen LogP contribution in [0.4, 0.5) is 0 Å². The molecule has 0 bridgehead atoms. The fourth-order valence-corrected chi connectivity index (χ4v) is 3.76. The molecular formula is C17H25BrO2. The molecule has 1 aromatic rings. The van der Waals surface area contributed by atoms with Crippen LogP contribution in [-0.4, -0.2) is 12.2 Å². The number of hydrogen-bond acceptors (Lipinski definition) is 2. The molecule has 20 heavy (non-hydrogen) atoms. The first-order chi connectivity index (χ1) is 9.36. The summed E-state index contributed by atoms with van der Waals surface area (Å²) in [5.41, 5.74) is 2.21. The van der Waals surface area contributed by atoms with Crippen LogP contribution in [0.25, 0.3) is 0 Å². The molecule has 0 amide bonds. The van der Waals surface area contributed by atoms with Gasteiger partial charge in [0.1, 0.15) is 5.75 Å². The highest BCUT2D eigenvalue weighted by Gasteiger charge is 2.38. The summed E-state index contributed by atoms with van der Waals surface area (Å²) in [4.78, 5) is 0. The first-order valence-corrected chi connectivity index (χ1v) is 8.18. The minimum Gasteiger partial charge on any atom is -0.496 e. The van der Waals surface area contributed by atoms with Crippen molar-refractivity contribution >= 4 is 15.9 Å². The summed E-state index contributed by atoms with van der Waals surface area (Å²) >= 11 is 3.56. The maximum absolute atomic E-state index is 10.9. The van der Waals surface area contributed by atoms with Gasteiger partial charge in [0.05, 0.1) is 13.2 Å². The summed E-state index contributed by atoms with van der Waals surface area (Å²) in [7, 11) is 1.67. The van der Waals surface area contributed by atoms with Crippen LogP contribution in [0.3, 0.4) is 0 Å². The second-order valence-electron chi connectivity index (χ2n) is 6.63. The average molecular weight is 341 g/mol. The maximum Gasteiger partial charge on any atom is 0.125 e. The minimum absolute atomic E-state index is 0.181. The fourth-order valence-electron chi connectivity index (χ4n) is 3.40. The normalized spacial score (nSPS) is 23.4. The number of halogens is 1. The SMILES string of the molecule is COc1cc(C)c(Br)cc1C(O)C1CCCCC1(C)C. The van der Waals surface area contributed by atoms with Crippen LogP contribution in [-0.2, 0) is 0 Å². The number of hydrogen-bond donors (Lipinski definition) is 1. The number of rotatable bonds is 3. The van der Waals surface area contributed by atoms with Crippen LogP contribution in [0.1, 0.15) is 56.8 Å². The summed E-state index contributed by atoms with van der Waals surface area (Å²) in [5, 5.41) is 10.9. The minimum atomic E-state index is -0.461. The molecule has 1 N–H and O–H groups in total. The number of aliphatic hydroxyl groups is 1. The summed E-state index contributed by atoms with van der Waals surface area (Å²) < 4.78 is 6.51. The third kappa shape index (κ3) is 3.04. The van der Waals surface area contributed by atoms with Crippen LogP contribution >= 0.6 is 15.9 Å². The van der Waals surface area contributed by atoms with Crippen molar-refractivity contribution in [1.29, 1.82) is 0 Å². The molecule has 3 heteroatoms. The zero-order valence-corrected chi connectivity index (χ0v) is 14.5. The summed E-state index contributed by atoms with van der Waals surface area (Å²) in [6.07, 6.45) is 4.29. The highest BCUT2D eigenvalue weighted by atomic mass is 79.9. The van der Waals surface area contributed by atoms with Gasteiger partial charge >= 0.3 is 0 Å². The monoisotopic (exact) mass is 340 g/mol. The molecule has 2 atom stereocenters. The Kier molecular flexibility index (Phi) is 4.80. The fraction of sp³-hybridized carbons (Fsp3) is 0.647. The number of benzene rings is 1. The van der Waals surface area contributed by atoms with Gasteiger partial charge in [-0.2, -0.15) is 0 Å². The van der Waals surface area contributed by atoms with Crippen molar-refractivity contribution in [3.8, 4) is 5.75 Å². The maximum atomic E-state index is 10.9. The van der Waals surface area contributed by atoms with Crippen molar-refractivity contribution in [2.45, 2.75) is 52.6 Å². The van der Waals surface area contributed by atoms with Gasteiger partial charge in [-0.15, -0.1) is 0 Å². The molecule has 0 saturated heterocycles. The number of aryl methyl sites for hydroxylation is 1. The second kappa shape index (κ2) is 6.07. The van der Waals surface area contributed by atoms with Crippen LogP contribution in [0.5, 0.6) is 5.75 Å². The Bertz CT molecular complexity index is 482. The second-order valence-corrected chi connectivity index (χ2v) is 7.48. The molecule has 1 aliphatic rings. The Labute approximate surface area is 130 Å². The van der Waals surface area contributed by atoms with E-state index in [-0.39, 0.29) is 5.41 Å². The van der Waals surface area contributed by atoms with E-state index in [0.29, 0.717) is 5.92 Å². The molecule has 0 aliphatic heterocycles. The Balaban J connectivity index is 2.37. The van der Waals surface area contributed by atoms with Crippen LogP contribution in [0, 0.1) is 18.3 Å². The lowest BCUT2D eigenvalue weighted by atomic mass is 9.65. The van der Waals surface area contributed by atoms with Crippen LogP contribution in [0.15, 0.2) is 16.6 Å².